The summed E-state index contributed by atoms with van der Waals surface area (Å²) in [6, 6.07) is 1.31. The van der Waals surface area contributed by atoms with Crippen molar-refractivity contribution in [2.45, 2.75) is 13.0 Å². The highest BCUT2D eigenvalue weighted by atomic mass is 19.2. The average molecular weight is 242 g/mol. The standard InChI is InChI=1S/C10H9F3N4/c1-5(14)9-4-17(16-15-9)6-2-7(11)10(13)8(12)3-6/h2-5H,14H2,1H3. The maximum atomic E-state index is 13.0. The summed E-state index contributed by atoms with van der Waals surface area (Å²) in [4.78, 5) is 0. The number of halogens is 3. The molecule has 17 heavy (non-hydrogen) atoms. The molecular weight excluding hydrogens is 233 g/mol. The van der Waals surface area contributed by atoms with Crippen molar-refractivity contribution in [3.8, 4) is 5.69 Å². The van der Waals surface area contributed by atoms with Gasteiger partial charge in [0.25, 0.3) is 0 Å². The lowest BCUT2D eigenvalue weighted by Gasteiger charge is -2.02. The predicted octanol–water partition coefficient (Wildman–Crippen LogP) is 1.70. The Morgan fingerprint density at radius 2 is 1.82 bits per heavy atom. The Balaban J connectivity index is 2.46. The molecular formula is C10H9F3N4. The van der Waals surface area contributed by atoms with Crippen LogP contribution < -0.4 is 5.73 Å². The third-order valence-electron chi connectivity index (χ3n) is 2.21. The van der Waals surface area contributed by atoms with Gasteiger partial charge in [0.05, 0.1) is 17.6 Å². The molecule has 0 amide bonds. The Kier molecular flexibility index (Phi) is 2.84. The fourth-order valence-electron chi connectivity index (χ4n) is 1.29. The van der Waals surface area contributed by atoms with E-state index < -0.39 is 17.5 Å². The predicted molar refractivity (Wildman–Crippen MR) is 53.8 cm³/mol. The van der Waals surface area contributed by atoms with Gasteiger partial charge in [-0.3, -0.25) is 0 Å². The number of hydrogen-bond donors (Lipinski definition) is 1. The number of hydrogen-bond acceptors (Lipinski definition) is 3. The summed E-state index contributed by atoms with van der Waals surface area (Å²) in [5, 5.41) is 7.37. The molecule has 1 unspecified atom stereocenters. The van der Waals surface area contributed by atoms with E-state index in [-0.39, 0.29) is 11.7 Å². The van der Waals surface area contributed by atoms with Gasteiger partial charge in [-0.1, -0.05) is 5.21 Å². The molecule has 0 saturated carbocycles. The van der Waals surface area contributed by atoms with Crippen LogP contribution >= 0.6 is 0 Å². The van der Waals surface area contributed by atoms with E-state index in [9.17, 15) is 13.2 Å². The molecule has 2 aromatic rings. The van der Waals surface area contributed by atoms with Gasteiger partial charge in [0, 0.05) is 18.2 Å². The third-order valence-corrected chi connectivity index (χ3v) is 2.21. The summed E-state index contributed by atoms with van der Waals surface area (Å²) in [6.45, 7) is 1.69. The van der Waals surface area contributed by atoms with Crippen molar-refractivity contribution in [1.29, 1.82) is 0 Å². The van der Waals surface area contributed by atoms with Crippen LogP contribution in [0.5, 0.6) is 0 Å². The smallest absolute Gasteiger partial charge is 0.194 e. The molecule has 2 N–H and O–H groups in total. The number of benzene rings is 1. The topological polar surface area (TPSA) is 56.7 Å². The fraction of sp³-hybridized carbons (Fsp3) is 0.200. The second-order valence-electron chi connectivity index (χ2n) is 3.60. The number of aromatic nitrogens is 3. The Morgan fingerprint density at radius 3 is 2.29 bits per heavy atom. The molecule has 0 bridgehead atoms. The van der Waals surface area contributed by atoms with Crippen LogP contribution in [0.3, 0.4) is 0 Å². The largest absolute Gasteiger partial charge is 0.323 e. The Bertz CT molecular complexity index is 527. The molecule has 7 heteroatoms. The summed E-state index contributed by atoms with van der Waals surface area (Å²) in [5.74, 6) is -4.07. The first-order chi connectivity index (χ1) is 7.99. The molecule has 1 heterocycles. The van der Waals surface area contributed by atoms with Gasteiger partial charge >= 0.3 is 0 Å². The first-order valence-corrected chi connectivity index (χ1v) is 4.82. The van der Waals surface area contributed by atoms with Gasteiger partial charge in [-0.05, 0) is 6.92 Å². The van der Waals surface area contributed by atoms with E-state index in [0.29, 0.717) is 5.69 Å². The van der Waals surface area contributed by atoms with Crippen LogP contribution in [0.2, 0.25) is 0 Å². The molecule has 0 aliphatic heterocycles. The maximum Gasteiger partial charge on any atom is 0.194 e. The quantitative estimate of drug-likeness (QED) is 0.815. The van der Waals surface area contributed by atoms with Crippen molar-refractivity contribution in [3.05, 3.63) is 41.5 Å². The molecule has 0 radical (unpaired) electrons. The van der Waals surface area contributed by atoms with Gasteiger partial charge in [0.1, 0.15) is 0 Å². The molecule has 1 atom stereocenters. The highest BCUT2D eigenvalue weighted by molar-refractivity contribution is 5.32. The monoisotopic (exact) mass is 242 g/mol. The molecule has 0 aliphatic rings. The molecule has 0 spiro atoms. The minimum atomic E-state index is -1.51. The van der Waals surface area contributed by atoms with Crippen LogP contribution in [0.4, 0.5) is 13.2 Å². The van der Waals surface area contributed by atoms with E-state index in [2.05, 4.69) is 10.3 Å². The van der Waals surface area contributed by atoms with Gasteiger partial charge in [-0.25, -0.2) is 17.9 Å². The number of nitrogens with zero attached hydrogens (tertiary/aromatic N) is 3. The van der Waals surface area contributed by atoms with E-state index in [1.54, 1.807) is 6.92 Å². The first kappa shape index (κ1) is 11.6. The van der Waals surface area contributed by atoms with E-state index >= 15 is 0 Å². The van der Waals surface area contributed by atoms with E-state index in [1.807, 2.05) is 0 Å². The summed E-state index contributed by atoms with van der Waals surface area (Å²) in [7, 11) is 0. The van der Waals surface area contributed by atoms with E-state index in [0.717, 1.165) is 16.8 Å². The Hall–Kier alpha value is -1.89. The lowest BCUT2D eigenvalue weighted by molar-refractivity contribution is 0.446. The van der Waals surface area contributed by atoms with Crippen molar-refractivity contribution < 1.29 is 13.2 Å². The van der Waals surface area contributed by atoms with Crippen LogP contribution in [0.25, 0.3) is 5.69 Å². The number of nitrogens with two attached hydrogens (primary N) is 1. The van der Waals surface area contributed by atoms with Crippen LogP contribution in [0.1, 0.15) is 18.7 Å². The number of rotatable bonds is 2. The van der Waals surface area contributed by atoms with Gasteiger partial charge < -0.3 is 5.73 Å². The normalized spacial score (nSPS) is 12.8. The first-order valence-electron chi connectivity index (χ1n) is 4.82. The summed E-state index contributed by atoms with van der Waals surface area (Å²) < 4.78 is 39.9. The van der Waals surface area contributed by atoms with E-state index in [1.165, 1.54) is 6.20 Å². The zero-order valence-corrected chi connectivity index (χ0v) is 8.86. The summed E-state index contributed by atoms with van der Waals surface area (Å²) in [6.07, 6.45) is 1.43. The molecule has 90 valence electrons. The molecule has 1 aromatic carbocycles. The van der Waals surface area contributed by atoms with Crippen LogP contribution in [-0.4, -0.2) is 15.0 Å². The van der Waals surface area contributed by atoms with E-state index in [4.69, 9.17) is 5.73 Å². The molecule has 0 saturated heterocycles. The van der Waals surface area contributed by atoms with Crippen LogP contribution in [0.15, 0.2) is 18.3 Å². The molecule has 2 rings (SSSR count). The minimum Gasteiger partial charge on any atom is -0.323 e. The fourth-order valence-corrected chi connectivity index (χ4v) is 1.29. The van der Waals surface area contributed by atoms with Crippen molar-refractivity contribution >= 4 is 0 Å². The van der Waals surface area contributed by atoms with Crippen molar-refractivity contribution in [1.82, 2.24) is 15.0 Å². The zero-order chi connectivity index (χ0) is 12.6. The van der Waals surface area contributed by atoms with Crippen molar-refractivity contribution in [3.63, 3.8) is 0 Å². The highest BCUT2D eigenvalue weighted by Gasteiger charge is 2.13. The van der Waals surface area contributed by atoms with Crippen molar-refractivity contribution in [2.24, 2.45) is 5.73 Å². The molecule has 1 aromatic heterocycles. The second kappa shape index (κ2) is 4.17. The zero-order valence-electron chi connectivity index (χ0n) is 8.86. The Labute approximate surface area is 94.9 Å². The Morgan fingerprint density at radius 1 is 1.24 bits per heavy atom. The van der Waals surface area contributed by atoms with Gasteiger partial charge in [-0.2, -0.15) is 0 Å². The van der Waals surface area contributed by atoms with Gasteiger partial charge in [0.2, 0.25) is 0 Å². The third kappa shape index (κ3) is 2.14. The summed E-state index contributed by atoms with van der Waals surface area (Å²) >= 11 is 0. The SMILES string of the molecule is CC(N)c1cn(-c2cc(F)c(F)c(F)c2)nn1. The van der Waals surface area contributed by atoms with Gasteiger partial charge in [-0.15, -0.1) is 5.10 Å². The maximum absolute atomic E-state index is 13.0. The van der Waals surface area contributed by atoms with Crippen molar-refractivity contribution in [2.75, 3.05) is 0 Å². The summed E-state index contributed by atoms with van der Waals surface area (Å²) in [5.41, 5.74) is 6.08. The molecule has 0 fully saturated rings. The average Bonchev–Trinajstić information content (AvgIpc) is 2.74. The molecule has 0 aliphatic carbocycles. The molecule has 4 nitrogen and oxygen atoms in total. The lowest BCUT2D eigenvalue weighted by Crippen LogP contribution is -2.05. The van der Waals surface area contributed by atoms with Crippen LogP contribution in [-0.2, 0) is 0 Å². The van der Waals surface area contributed by atoms with Crippen LogP contribution in [0, 0.1) is 17.5 Å². The lowest BCUT2D eigenvalue weighted by atomic mass is 10.2. The second-order valence-corrected chi connectivity index (χ2v) is 3.60. The highest BCUT2D eigenvalue weighted by Crippen LogP contribution is 2.17. The van der Waals surface area contributed by atoms with Gasteiger partial charge in [0.15, 0.2) is 17.5 Å². The minimum absolute atomic E-state index is 0.0424.